The Hall–Kier alpha value is -0.630. The summed E-state index contributed by atoms with van der Waals surface area (Å²) in [5.41, 5.74) is 6.62. The highest BCUT2D eigenvalue weighted by Gasteiger charge is 1.98. The third-order valence-corrected chi connectivity index (χ3v) is 1.46. The van der Waals surface area contributed by atoms with Crippen LogP contribution in [-0.2, 0) is 4.79 Å². The highest BCUT2D eigenvalue weighted by Crippen LogP contribution is 2.02. The minimum atomic E-state index is -0.00833. The molecule has 2 atom stereocenters. The van der Waals surface area contributed by atoms with E-state index in [9.17, 15) is 4.79 Å². The largest absolute Gasteiger partial charge is 0.324 e. The average molecular weight is 141 g/mol. The summed E-state index contributed by atoms with van der Waals surface area (Å²) >= 11 is 0. The summed E-state index contributed by atoms with van der Waals surface area (Å²) in [6.07, 6.45) is 2.80. The lowest BCUT2D eigenvalue weighted by Gasteiger charge is -2.05. The second-order valence-corrected chi connectivity index (χ2v) is 2.69. The molecule has 0 amide bonds. The summed E-state index contributed by atoms with van der Waals surface area (Å²) in [5.74, 6) is -0.00833. The minimum Gasteiger partial charge on any atom is -0.324 e. The van der Waals surface area contributed by atoms with E-state index in [-0.39, 0.29) is 12.0 Å². The normalized spacial score (nSPS) is 18.2. The van der Waals surface area contributed by atoms with Crippen molar-refractivity contribution in [3.05, 3.63) is 11.6 Å². The average Bonchev–Trinajstić information content (AvgIpc) is 1.87. The second-order valence-electron chi connectivity index (χ2n) is 2.69. The molecule has 0 bridgehead atoms. The van der Waals surface area contributed by atoms with Crippen molar-refractivity contribution in [2.45, 2.75) is 26.8 Å². The molecule has 58 valence electrons. The molecule has 0 aliphatic heterocycles. The number of rotatable bonds is 3. The van der Waals surface area contributed by atoms with E-state index in [2.05, 4.69) is 0 Å². The lowest BCUT2D eigenvalue weighted by atomic mass is 10.1. The smallest absolute Gasteiger partial charge is 0.126 e. The highest BCUT2D eigenvalue weighted by molar-refractivity contribution is 5.56. The molecule has 0 aromatic rings. The Bertz CT molecular complexity index is 138. The van der Waals surface area contributed by atoms with Crippen molar-refractivity contribution >= 4 is 6.29 Å². The fourth-order valence-corrected chi connectivity index (χ4v) is 0.606. The van der Waals surface area contributed by atoms with Crippen molar-refractivity contribution in [1.82, 2.24) is 0 Å². The molecule has 0 saturated carbocycles. The molecule has 0 rings (SSSR count). The van der Waals surface area contributed by atoms with E-state index in [1.54, 1.807) is 0 Å². The third kappa shape index (κ3) is 3.41. The van der Waals surface area contributed by atoms with Gasteiger partial charge in [-0.15, -0.1) is 0 Å². The predicted octanol–water partition coefficient (Wildman–Crippen LogP) is 1.11. The van der Waals surface area contributed by atoms with Crippen molar-refractivity contribution in [2.75, 3.05) is 0 Å². The number of aldehydes is 1. The predicted molar refractivity (Wildman–Crippen MR) is 42.6 cm³/mol. The number of carbonyl (C=O) groups is 1. The number of carbonyl (C=O) groups excluding carboxylic acids is 1. The van der Waals surface area contributed by atoms with Crippen LogP contribution in [0.25, 0.3) is 0 Å². The van der Waals surface area contributed by atoms with Gasteiger partial charge >= 0.3 is 0 Å². The van der Waals surface area contributed by atoms with E-state index in [4.69, 9.17) is 5.73 Å². The summed E-state index contributed by atoms with van der Waals surface area (Å²) in [5, 5.41) is 0. The van der Waals surface area contributed by atoms with Crippen molar-refractivity contribution in [2.24, 2.45) is 11.7 Å². The monoisotopic (exact) mass is 141 g/mol. The van der Waals surface area contributed by atoms with E-state index >= 15 is 0 Å². The van der Waals surface area contributed by atoms with Crippen LogP contribution in [0.2, 0.25) is 0 Å². The van der Waals surface area contributed by atoms with Gasteiger partial charge in [-0.3, -0.25) is 0 Å². The van der Waals surface area contributed by atoms with Gasteiger partial charge in [-0.1, -0.05) is 18.6 Å². The van der Waals surface area contributed by atoms with Crippen molar-refractivity contribution in [3.8, 4) is 0 Å². The molecule has 0 aromatic heterocycles. The molecular weight excluding hydrogens is 126 g/mol. The standard InChI is InChI=1S/C8H15NO/c1-6(5-10)4-7(2)8(3)9/h4-6,8H,9H2,1-3H3/b7-4+/t6-,8-/m1/s1. The molecule has 0 aliphatic carbocycles. The van der Waals surface area contributed by atoms with Crippen molar-refractivity contribution in [1.29, 1.82) is 0 Å². The quantitative estimate of drug-likeness (QED) is 0.472. The maximum Gasteiger partial charge on any atom is 0.126 e. The topological polar surface area (TPSA) is 43.1 Å². The number of nitrogens with two attached hydrogens (primary N) is 1. The Morgan fingerprint density at radius 2 is 2.00 bits per heavy atom. The van der Waals surface area contributed by atoms with Crippen LogP contribution >= 0.6 is 0 Å². The van der Waals surface area contributed by atoms with Crippen molar-refractivity contribution < 1.29 is 4.79 Å². The third-order valence-electron chi connectivity index (χ3n) is 1.46. The first-order valence-electron chi connectivity index (χ1n) is 3.47. The van der Waals surface area contributed by atoms with Crippen LogP contribution in [0.5, 0.6) is 0 Å². The number of hydrogen-bond acceptors (Lipinski definition) is 2. The second kappa shape index (κ2) is 4.23. The first-order valence-corrected chi connectivity index (χ1v) is 3.47. The van der Waals surface area contributed by atoms with E-state index in [1.165, 1.54) is 0 Å². The maximum atomic E-state index is 10.2. The molecule has 0 aromatic carbocycles. The number of allylic oxidation sites excluding steroid dienone is 1. The van der Waals surface area contributed by atoms with Gasteiger partial charge in [0.2, 0.25) is 0 Å². The zero-order valence-electron chi connectivity index (χ0n) is 6.79. The Balaban J connectivity index is 4.01. The summed E-state index contributed by atoms with van der Waals surface area (Å²) in [4.78, 5) is 10.2. The van der Waals surface area contributed by atoms with Crippen LogP contribution in [0.3, 0.4) is 0 Å². The SMILES string of the molecule is C/C(=C\[C@@H](C)C=O)[C@@H](C)N. The van der Waals surface area contributed by atoms with E-state index in [1.807, 2.05) is 26.8 Å². The lowest BCUT2D eigenvalue weighted by molar-refractivity contribution is -0.109. The Kier molecular flexibility index (Phi) is 3.96. The van der Waals surface area contributed by atoms with Crippen molar-refractivity contribution in [3.63, 3.8) is 0 Å². The Morgan fingerprint density at radius 3 is 2.30 bits per heavy atom. The molecule has 2 N–H and O–H groups in total. The fourth-order valence-electron chi connectivity index (χ4n) is 0.606. The van der Waals surface area contributed by atoms with Crippen LogP contribution in [0.15, 0.2) is 11.6 Å². The summed E-state index contributed by atoms with van der Waals surface area (Å²) in [7, 11) is 0. The van der Waals surface area contributed by atoms with Crippen LogP contribution in [0.4, 0.5) is 0 Å². The van der Waals surface area contributed by atoms with Gasteiger partial charge in [0, 0.05) is 12.0 Å². The molecule has 2 nitrogen and oxygen atoms in total. The van der Waals surface area contributed by atoms with E-state index in [0.29, 0.717) is 0 Å². The summed E-state index contributed by atoms with van der Waals surface area (Å²) in [6.45, 7) is 5.69. The molecule has 0 unspecified atom stereocenters. The van der Waals surface area contributed by atoms with Gasteiger partial charge in [0.05, 0.1) is 0 Å². The van der Waals surface area contributed by atoms with Gasteiger partial charge in [-0.2, -0.15) is 0 Å². The first kappa shape index (κ1) is 9.37. The van der Waals surface area contributed by atoms with Crippen LogP contribution < -0.4 is 5.73 Å². The minimum absolute atomic E-state index is 0.00833. The Morgan fingerprint density at radius 1 is 1.50 bits per heavy atom. The molecule has 0 heterocycles. The molecule has 0 fully saturated rings. The van der Waals surface area contributed by atoms with Gasteiger partial charge in [-0.25, -0.2) is 0 Å². The van der Waals surface area contributed by atoms with Crippen LogP contribution in [-0.4, -0.2) is 12.3 Å². The lowest BCUT2D eigenvalue weighted by Crippen LogP contribution is -2.16. The molecule has 10 heavy (non-hydrogen) atoms. The molecule has 2 heteroatoms. The Labute approximate surface area is 62.1 Å². The van der Waals surface area contributed by atoms with Gasteiger partial charge in [0.25, 0.3) is 0 Å². The zero-order chi connectivity index (χ0) is 8.15. The fraction of sp³-hybridized carbons (Fsp3) is 0.625. The molecule has 0 spiro atoms. The van der Waals surface area contributed by atoms with Gasteiger partial charge < -0.3 is 10.5 Å². The molecule has 0 saturated heterocycles. The molecule has 0 radical (unpaired) electrons. The molecule has 0 aliphatic rings. The van der Waals surface area contributed by atoms with Gasteiger partial charge in [0.1, 0.15) is 6.29 Å². The summed E-state index contributed by atoms with van der Waals surface area (Å²) < 4.78 is 0. The zero-order valence-corrected chi connectivity index (χ0v) is 6.79. The number of hydrogen-bond donors (Lipinski definition) is 1. The van der Waals surface area contributed by atoms with Crippen LogP contribution in [0.1, 0.15) is 20.8 Å². The van der Waals surface area contributed by atoms with Crippen LogP contribution in [0, 0.1) is 5.92 Å². The van der Waals surface area contributed by atoms with Gasteiger partial charge in [0.15, 0.2) is 0 Å². The maximum absolute atomic E-state index is 10.2. The highest BCUT2D eigenvalue weighted by atomic mass is 16.1. The van der Waals surface area contributed by atoms with E-state index < -0.39 is 0 Å². The van der Waals surface area contributed by atoms with E-state index in [0.717, 1.165) is 11.9 Å². The summed E-state index contributed by atoms with van der Waals surface area (Å²) in [6, 6.07) is 0.0578. The molecular formula is C8H15NO. The first-order chi connectivity index (χ1) is 4.57. The van der Waals surface area contributed by atoms with Gasteiger partial charge in [-0.05, 0) is 13.8 Å².